The molecule has 5 rings (SSSR count). The highest BCUT2D eigenvalue weighted by Gasteiger charge is 2.15. The second-order valence-corrected chi connectivity index (χ2v) is 9.97. The average Bonchev–Trinajstić information content (AvgIpc) is 3.24. The molecule has 0 aliphatic heterocycles. The van der Waals surface area contributed by atoms with Crippen LogP contribution in [0, 0.1) is 12.8 Å². The predicted molar refractivity (Wildman–Crippen MR) is 146 cm³/mol. The molecule has 0 spiro atoms. The third-order valence-corrected chi connectivity index (χ3v) is 7.11. The van der Waals surface area contributed by atoms with Crippen molar-refractivity contribution >= 4 is 28.8 Å². The van der Waals surface area contributed by atoms with Gasteiger partial charge >= 0.3 is 0 Å². The highest BCUT2D eigenvalue weighted by Crippen LogP contribution is 2.30. The molecular weight excluding hydrogens is 454 g/mol. The molecule has 2 heterocycles. The molecule has 1 aliphatic rings. The summed E-state index contributed by atoms with van der Waals surface area (Å²) in [6.07, 6.45) is 9.65. The van der Waals surface area contributed by atoms with Crippen LogP contribution in [0.1, 0.15) is 49.7 Å². The van der Waals surface area contributed by atoms with Crippen LogP contribution < -0.4 is 10.6 Å². The van der Waals surface area contributed by atoms with Gasteiger partial charge in [0.05, 0.1) is 11.9 Å². The Morgan fingerprint density at radius 2 is 1.91 bits per heavy atom. The van der Waals surface area contributed by atoms with E-state index >= 15 is 0 Å². The van der Waals surface area contributed by atoms with Gasteiger partial charge in [-0.05, 0) is 43.0 Å². The topological polar surface area (TPSA) is 54.2 Å². The first kappa shape index (κ1) is 23.4. The number of nitrogens with one attached hydrogen (secondary N) is 2. The van der Waals surface area contributed by atoms with E-state index in [4.69, 9.17) is 16.6 Å². The third kappa shape index (κ3) is 5.51. The van der Waals surface area contributed by atoms with Crippen LogP contribution >= 0.6 is 11.6 Å². The third-order valence-electron chi connectivity index (χ3n) is 6.78. The fourth-order valence-corrected chi connectivity index (χ4v) is 5.18. The molecule has 35 heavy (non-hydrogen) atoms. The Kier molecular flexibility index (Phi) is 7.05. The summed E-state index contributed by atoms with van der Waals surface area (Å²) in [7, 11) is 0. The Balaban J connectivity index is 1.32. The monoisotopic (exact) mass is 485 g/mol. The van der Waals surface area contributed by atoms with Gasteiger partial charge in [-0.25, -0.2) is 4.98 Å². The molecule has 2 aromatic carbocycles. The fourth-order valence-electron chi connectivity index (χ4n) is 4.95. The molecular formula is C29H32ClN5. The van der Waals surface area contributed by atoms with Gasteiger partial charge < -0.3 is 10.6 Å². The van der Waals surface area contributed by atoms with E-state index in [0.29, 0.717) is 11.6 Å². The molecule has 5 nitrogen and oxygen atoms in total. The summed E-state index contributed by atoms with van der Waals surface area (Å²) in [5.41, 5.74) is 6.93. The standard InChI is InChI=1S/C29H32ClN5/c1-20-18-32-35-28(17-27(34-29(20)35)25-13-6-7-14-26(25)30)31-19-23-11-8-12-24(16-23)33-21(2)15-22-9-4-3-5-10-22/h6-8,11-14,16-18,22,31,33H,2-5,9-10,15,19H2,1H3. The fraction of sp³-hybridized carbons (Fsp3) is 0.310. The Labute approximate surface area is 212 Å². The van der Waals surface area contributed by atoms with E-state index in [1.54, 1.807) is 0 Å². The Bertz CT molecular complexity index is 1340. The van der Waals surface area contributed by atoms with Crippen molar-refractivity contribution in [2.75, 3.05) is 10.6 Å². The van der Waals surface area contributed by atoms with Crippen molar-refractivity contribution in [1.82, 2.24) is 14.6 Å². The van der Waals surface area contributed by atoms with Crippen molar-refractivity contribution in [3.8, 4) is 11.3 Å². The second kappa shape index (κ2) is 10.5. The number of hydrogen-bond donors (Lipinski definition) is 2. The van der Waals surface area contributed by atoms with E-state index in [2.05, 4.69) is 46.6 Å². The molecule has 2 aromatic heterocycles. The summed E-state index contributed by atoms with van der Waals surface area (Å²) in [5, 5.41) is 12.3. The summed E-state index contributed by atoms with van der Waals surface area (Å²) >= 11 is 6.47. The quantitative estimate of drug-likeness (QED) is 0.266. The predicted octanol–water partition coefficient (Wildman–Crippen LogP) is 7.87. The number of rotatable bonds is 8. The van der Waals surface area contributed by atoms with Gasteiger partial charge in [0.1, 0.15) is 5.82 Å². The molecule has 0 radical (unpaired) electrons. The first-order valence-electron chi connectivity index (χ1n) is 12.4. The minimum atomic E-state index is 0.657. The molecule has 4 aromatic rings. The summed E-state index contributed by atoms with van der Waals surface area (Å²) in [6, 6.07) is 18.3. The normalized spacial score (nSPS) is 14.2. The smallest absolute Gasteiger partial charge is 0.160 e. The highest BCUT2D eigenvalue weighted by molar-refractivity contribution is 6.33. The highest BCUT2D eigenvalue weighted by atomic mass is 35.5. The van der Waals surface area contributed by atoms with Gasteiger partial charge in [0.25, 0.3) is 0 Å². The lowest BCUT2D eigenvalue weighted by Gasteiger charge is -2.23. The average molecular weight is 486 g/mol. The molecule has 0 unspecified atom stereocenters. The van der Waals surface area contributed by atoms with E-state index in [1.165, 1.54) is 37.7 Å². The SMILES string of the molecule is C=C(CC1CCCCC1)Nc1cccc(CNc2cc(-c3ccccc3Cl)nc3c(C)cnn23)c1. The molecule has 0 bridgehead atoms. The lowest BCUT2D eigenvalue weighted by Crippen LogP contribution is -2.10. The van der Waals surface area contributed by atoms with Crippen LogP contribution in [0.4, 0.5) is 11.5 Å². The van der Waals surface area contributed by atoms with Gasteiger partial charge in [0.2, 0.25) is 0 Å². The number of aromatic nitrogens is 3. The molecule has 0 atom stereocenters. The van der Waals surface area contributed by atoms with Gasteiger partial charge in [-0.1, -0.05) is 80.6 Å². The van der Waals surface area contributed by atoms with Crippen molar-refractivity contribution in [3.63, 3.8) is 0 Å². The maximum Gasteiger partial charge on any atom is 0.160 e. The van der Waals surface area contributed by atoms with Gasteiger partial charge in [0.15, 0.2) is 5.65 Å². The number of hydrogen-bond acceptors (Lipinski definition) is 4. The number of aryl methyl sites for hydroxylation is 1. The van der Waals surface area contributed by atoms with Crippen molar-refractivity contribution < 1.29 is 0 Å². The van der Waals surface area contributed by atoms with E-state index < -0.39 is 0 Å². The van der Waals surface area contributed by atoms with Gasteiger partial charge in [0, 0.05) is 40.1 Å². The molecule has 0 amide bonds. The van der Waals surface area contributed by atoms with Crippen molar-refractivity contribution in [1.29, 1.82) is 0 Å². The van der Waals surface area contributed by atoms with Crippen LogP contribution in [0.25, 0.3) is 16.9 Å². The van der Waals surface area contributed by atoms with E-state index in [0.717, 1.165) is 52.0 Å². The number of nitrogens with zero attached hydrogens (tertiary/aromatic N) is 3. The number of benzene rings is 2. The van der Waals surface area contributed by atoms with Crippen LogP contribution in [-0.2, 0) is 6.54 Å². The largest absolute Gasteiger partial charge is 0.366 e. The Morgan fingerprint density at radius 3 is 2.74 bits per heavy atom. The number of anilines is 2. The zero-order chi connectivity index (χ0) is 24.2. The number of halogens is 1. The Hall–Kier alpha value is -3.31. The second-order valence-electron chi connectivity index (χ2n) is 9.56. The van der Waals surface area contributed by atoms with Crippen LogP contribution in [0.5, 0.6) is 0 Å². The molecule has 180 valence electrons. The first-order chi connectivity index (χ1) is 17.1. The van der Waals surface area contributed by atoms with Crippen LogP contribution in [0.2, 0.25) is 5.02 Å². The number of allylic oxidation sites excluding steroid dienone is 1. The van der Waals surface area contributed by atoms with Crippen molar-refractivity contribution in [3.05, 3.63) is 89.2 Å². The van der Waals surface area contributed by atoms with E-state index in [1.807, 2.05) is 48.0 Å². The first-order valence-corrected chi connectivity index (χ1v) is 12.8. The lowest BCUT2D eigenvalue weighted by atomic mass is 9.86. The van der Waals surface area contributed by atoms with E-state index in [-0.39, 0.29) is 0 Å². The summed E-state index contributed by atoms with van der Waals surface area (Å²) in [4.78, 5) is 4.83. The van der Waals surface area contributed by atoms with Gasteiger partial charge in [-0.3, -0.25) is 0 Å². The van der Waals surface area contributed by atoms with E-state index in [9.17, 15) is 0 Å². The number of fused-ring (bicyclic) bond motifs is 1. The lowest BCUT2D eigenvalue weighted by molar-refractivity contribution is 0.357. The summed E-state index contributed by atoms with van der Waals surface area (Å²) in [5.74, 6) is 1.64. The van der Waals surface area contributed by atoms with Gasteiger partial charge in [-0.2, -0.15) is 9.61 Å². The van der Waals surface area contributed by atoms with Gasteiger partial charge in [-0.15, -0.1) is 0 Å². The molecule has 6 heteroatoms. The molecule has 0 saturated heterocycles. The zero-order valence-corrected chi connectivity index (χ0v) is 21.0. The van der Waals surface area contributed by atoms with Crippen molar-refractivity contribution in [2.45, 2.75) is 52.0 Å². The molecule has 1 saturated carbocycles. The molecule has 1 aliphatic carbocycles. The summed E-state index contributed by atoms with van der Waals surface area (Å²) in [6.45, 7) is 6.97. The Morgan fingerprint density at radius 1 is 1.09 bits per heavy atom. The van der Waals surface area contributed by atoms with Crippen molar-refractivity contribution in [2.24, 2.45) is 5.92 Å². The minimum Gasteiger partial charge on any atom is -0.366 e. The van der Waals surface area contributed by atoms with Crippen LogP contribution in [0.3, 0.4) is 0 Å². The maximum atomic E-state index is 6.47. The molecule has 1 fully saturated rings. The molecule has 2 N–H and O–H groups in total. The summed E-state index contributed by atoms with van der Waals surface area (Å²) < 4.78 is 1.85. The minimum absolute atomic E-state index is 0.657. The zero-order valence-electron chi connectivity index (χ0n) is 20.2. The van der Waals surface area contributed by atoms with Crippen LogP contribution in [0.15, 0.2) is 73.1 Å². The van der Waals surface area contributed by atoms with Crippen LogP contribution in [-0.4, -0.2) is 14.6 Å². The maximum absolute atomic E-state index is 6.47.